The van der Waals surface area contributed by atoms with Gasteiger partial charge in [-0.05, 0) is 62.3 Å². The number of nitriles is 1. The number of pyridine rings is 1. The molecule has 3 fully saturated rings. The van der Waals surface area contributed by atoms with Crippen LogP contribution in [0.25, 0.3) is 0 Å². The third kappa shape index (κ3) is 4.85. The van der Waals surface area contributed by atoms with E-state index in [1.807, 2.05) is 6.07 Å². The van der Waals surface area contributed by atoms with Crippen molar-refractivity contribution in [1.82, 2.24) is 15.6 Å². The average Bonchev–Trinajstić information content (AvgIpc) is 2.84. The van der Waals surface area contributed by atoms with Gasteiger partial charge in [0.1, 0.15) is 17.6 Å². The Labute approximate surface area is 202 Å². The standard InChI is InChI=1S/C25H26ClFN4O3/c1-16-11-24(31-22(32)15-34-19-4-5-20(26)21(27)10-19)6-8-25(16,9-7-24)23(33)30-14-18-3-2-17(12-28)13-29-18/h2-5,10,13,16H,6-9,11,14-15H2,1H3,(H,30,33)(H,31,32). The van der Waals surface area contributed by atoms with Crippen LogP contribution in [0.1, 0.15) is 50.3 Å². The molecule has 9 heteroatoms. The molecule has 1 aromatic heterocycles. The summed E-state index contributed by atoms with van der Waals surface area (Å²) < 4.78 is 19.0. The summed E-state index contributed by atoms with van der Waals surface area (Å²) >= 11 is 5.67. The zero-order valence-corrected chi connectivity index (χ0v) is 19.6. The van der Waals surface area contributed by atoms with E-state index in [-0.39, 0.29) is 40.7 Å². The number of nitrogens with zero attached hydrogens (tertiary/aromatic N) is 2. The molecule has 0 spiro atoms. The van der Waals surface area contributed by atoms with Gasteiger partial charge in [0.15, 0.2) is 6.61 Å². The minimum Gasteiger partial charge on any atom is -0.484 e. The van der Waals surface area contributed by atoms with Crippen molar-refractivity contribution in [3.63, 3.8) is 0 Å². The maximum absolute atomic E-state index is 13.6. The van der Waals surface area contributed by atoms with E-state index in [1.54, 1.807) is 12.1 Å². The van der Waals surface area contributed by atoms with Crippen LogP contribution in [-0.4, -0.2) is 28.9 Å². The Morgan fingerprint density at radius 2 is 2.03 bits per heavy atom. The predicted octanol–water partition coefficient (Wildman–Crippen LogP) is 3.90. The van der Waals surface area contributed by atoms with E-state index in [4.69, 9.17) is 21.6 Å². The van der Waals surface area contributed by atoms with E-state index >= 15 is 0 Å². The summed E-state index contributed by atoms with van der Waals surface area (Å²) in [4.78, 5) is 30.0. The van der Waals surface area contributed by atoms with Gasteiger partial charge in [-0.3, -0.25) is 14.6 Å². The molecule has 0 radical (unpaired) electrons. The number of carbonyl (C=O) groups is 2. The maximum Gasteiger partial charge on any atom is 0.258 e. The first-order valence-electron chi connectivity index (χ1n) is 11.3. The average molecular weight is 485 g/mol. The van der Waals surface area contributed by atoms with Crippen LogP contribution in [0.3, 0.4) is 0 Å². The summed E-state index contributed by atoms with van der Waals surface area (Å²) in [5, 5.41) is 15.0. The van der Waals surface area contributed by atoms with Crippen molar-refractivity contribution in [3.05, 3.63) is 58.6 Å². The van der Waals surface area contributed by atoms with Crippen LogP contribution in [0.4, 0.5) is 4.39 Å². The van der Waals surface area contributed by atoms with Crippen LogP contribution >= 0.6 is 11.6 Å². The summed E-state index contributed by atoms with van der Waals surface area (Å²) in [6.07, 6.45) is 4.99. The van der Waals surface area contributed by atoms with Crippen molar-refractivity contribution >= 4 is 23.4 Å². The van der Waals surface area contributed by atoms with Crippen LogP contribution in [0.15, 0.2) is 36.5 Å². The second-order valence-electron chi connectivity index (χ2n) is 9.29. The molecule has 1 aromatic carbocycles. The van der Waals surface area contributed by atoms with Gasteiger partial charge in [-0.25, -0.2) is 4.39 Å². The number of carbonyl (C=O) groups excluding carboxylic acids is 2. The molecule has 1 unspecified atom stereocenters. The highest BCUT2D eigenvalue weighted by molar-refractivity contribution is 6.30. The van der Waals surface area contributed by atoms with Crippen molar-refractivity contribution in [2.24, 2.45) is 11.3 Å². The van der Waals surface area contributed by atoms with E-state index in [2.05, 4.69) is 22.5 Å². The lowest BCUT2D eigenvalue weighted by Crippen LogP contribution is -2.63. The Kier molecular flexibility index (Phi) is 6.76. The summed E-state index contributed by atoms with van der Waals surface area (Å²) in [5.41, 5.74) is 0.356. The summed E-state index contributed by atoms with van der Waals surface area (Å²) in [6, 6.07) is 9.50. The second-order valence-corrected chi connectivity index (χ2v) is 9.69. The number of hydrogen-bond acceptors (Lipinski definition) is 5. The number of nitrogens with one attached hydrogen (secondary N) is 2. The van der Waals surface area contributed by atoms with Gasteiger partial charge in [-0.2, -0.15) is 5.26 Å². The lowest BCUT2D eigenvalue weighted by atomic mass is 9.52. The fraction of sp³-hybridized carbons (Fsp3) is 0.440. The van der Waals surface area contributed by atoms with Gasteiger partial charge < -0.3 is 15.4 Å². The molecule has 5 rings (SSSR count). The number of rotatable bonds is 7. The van der Waals surface area contributed by atoms with Crippen LogP contribution in [0, 0.1) is 28.5 Å². The van der Waals surface area contributed by atoms with Crippen molar-refractivity contribution in [2.75, 3.05) is 6.61 Å². The first-order valence-corrected chi connectivity index (χ1v) is 11.7. The molecule has 2 amide bonds. The third-order valence-corrected chi connectivity index (χ3v) is 7.55. The molecule has 178 valence electrons. The minimum atomic E-state index is -0.601. The molecule has 3 aliphatic rings. The van der Waals surface area contributed by atoms with Gasteiger partial charge in [0.2, 0.25) is 5.91 Å². The maximum atomic E-state index is 13.6. The zero-order chi connectivity index (χ0) is 24.3. The monoisotopic (exact) mass is 484 g/mol. The second kappa shape index (κ2) is 9.59. The summed E-state index contributed by atoms with van der Waals surface area (Å²) in [6.45, 7) is 2.15. The van der Waals surface area contributed by atoms with Gasteiger partial charge in [-0.1, -0.05) is 18.5 Å². The molecule has 0 saturated heterocycles. The first-order chi connectivity index (χ1) is 16.2. The highest BCUT2D eigenvalue weighted by atomic mass is 35.5. The molecule has 34 heavy (non-hydrogen) atoms. The zero-order valence-electron chi connectivity index (χ0n) is 18.9. The molecule has 0 aliphatic heterocycles. The highest BCUT2D eigenvalue weighted by Crippen LogP contribution is 2.55. The highest BCUT2D eigenvalue weighted by Gasteiger charge is 2.56. The van der Waals surface area contributed by atoms with Crippen molar-refractivity contribution in [3.8, 4) is 11.8 Å². The quantitative estimate of drug-likeness (QED) is 0.620. The number of fused-ring (bicyclic) bond motifs is 3. The largest absolute Gasteiger partial charge is 0.484 e. The van der Waals surface area contributed by atoms with E-state index in [0.29, 0.717) is 49.9 Å². The molecule has 2 N–H and O–H groups in total. The predicted molar refractivity (Wildman–Crippen MR) is 123 cm³/mol. The van der Waals surface area contributed by atoms with Crippen molar-refractivity contribution in [1.29, 1.82) is 5.26 Å². The Morgan fingerprint density at radius 1 is 1.26 bits per heavy atom. The molecular formula is C25H26ClFN4O3. The van der Waals surface area contributed by atoms with E-state index in [1.165, 1.54) is 18.3 Å². The molecule has 3 saturated carbocycles. The molecule has 2 aromatic rings. The van der Waals surface area contributed by atoms with Crippen LogP contribution in [0.2, 0.25) is 5.02 Å². The fourth-order valence-electron chi connectivity index (χ4n) is 5.27. The molecule has 7 nitrogen and oxygen atoms in total. The number of amides is 2. The van der Waals surface area contributed by atoms with E-state index < -0.39 is 11.2 Å². The molecular weight excluding hydrogens is 459 g/mol. The fourth-order valence-corrected chi connectivity index (χ4v) is 5.39. The molecule has 2 bridgehead atoms. The normalized spacial score (nSPS) is 25.3. The molecule has 1 atom stereocenters. The van der Waals surface area contributed by atoms with Crippen LogP contribution < -0.4 is 15.4 Å². The van der Waals surface area contributed by atoms with Gasteiger partial charge >= 0.3 is 0 Å². The van der Waals surface area contributed by atoms with Gasteiger partial charge in [0, 0.05) is 17.8 Å². The molecule has 3 aliphatic carbocycles. The smallest absolute Gasteiger partial charge is 0.258 e. The number of benzene rings is 1. The first kappa shape index (κ1) is 24.0. The Hall–Kier alpha value is -3.18. The SMILES string of the molecule is CC1CC2(NC(=O)COc3ccc(Cl)c(F)c3)CCC1(C(=O)NCc1ccc(C#N)cn1)CC2. The lowest BCUT2D eigenvalue weighted by Gasteiger charge is -2.56. The Morgan fingerprint density at radius 3 is 2.65 bits per heavy atom. The number of halogens is 2. The van der Waals surface area contributed by atoms with E-state index in [9.17, 15) is 14.0 Å². The number of hydrogen-bond donors (Lipinski definition) is 2. The van der Waals surface area contributed by atoms with Crippen LogP contribution in [0.5, 0.6) is 5.75 Å². The Bertz CT molecular complexity index is 1120. The number of aromatic nitrogens is 1. The summed E-state index contributed by atoms with van der Waals surface area (Å²) in [5.74, 6) is -0.526. The van der Waals surface area contributed by atoms with Gasteiger partial charge in [0.05, 0.1) is 28.2 Å². The third-order valence-electron chi connectivity index (χ3n) is 7.24. The van der Waals surface area contributed by atoms with Crippen molar-refractivity contribution in [2.45, 2.75) is 51.1 Å². The lowest BCUT2D eigenvalue weighted by molar-refractivity contribution is -0.146. The summed E-state index contributed by atoms with van der Waals surface area (Å²) in [7, 11) is 0. The van der Waals surface area contributed by atoms with Crippen LogP contribution in [-0.2, 0) is 16.1 Å². The Balaban J connectivity index is 1.31. The van der Waals surface area contributed by atoms with Crippen molar-refractivity contribution < 1.29 is 18.7 Å². The van der Waals surface area contributed by atoms with Gasteiger partial charge in [-0.15, -0.1) is 0 Å². The van der Waals surface area contributed by atoms with E-state index in [0.717, 1.165) is 6.07 Å². The van der Waals surface area contributed by atoms with Gasteiger partial charge in [0.25, 0.3) is 5.91 Å². The topological polar surface area (TPSA) is 104 Å². The molecule has 1 heterocycles. The minimum absolute atomic E-state index is 0.00484. The number of ether oxygens (including phenoxy) is 1.